The van der Waals surface area contributed by atoms with Crippen LogP contribution in [0.25, 0.3) is 0 Å². The topological polar surface area (TPSA) is 30.0 Å². The van der Waals surface area contributed by atoms with Crippen molar-refractivity contribution in [2.45, 2.75) is 34.1 Å². The Labute approximate surface area is 85.4 Å². The minimum atomic E-state index is 0.0731. The monoisotopic (exact) mass is 191 g/mol. The van der Waals surface area contributed by atoms with E-state index in [0.717, 1.165) is 17.5 Å². The maximum atomic E-state index is 11.8. The van der Waals surface area contributed by atoms with Gasteiger partial charge in [-0.2, -0.15) is 0 Å². The predicted octanol–water partition coefficient (Wildman–Crippen LogP) is 2.93. The molecule has 1 aromatic heterocycles. The van der Waals surface area contributed by atoms with Gasteiger partial charge >= 0.3 is 0 Å². The molecule has 0 amide bonds. The van der Waals surface area contributed by atoms with Gasteiger partial charge in [-0.05, 0) is 31.4 Å². The number of rotatable bonds is 3. The highest BCUT2D eigenvalue weighted by Crippen LogP contribution is 2.14. The fourth-order valence-electron chi connectivity index (χ4n) is 1.39. The minimum Gasteiger partial charge on any atom is -0.292 e. The number of aryl methyl sites for hydroxylation is 2. The number of carbonyl (C=O) groups is 1. The molecule has 0 aliphatic carbocycles. The van der Waals surface area contributed by atoms with Crippen LogP contribution in [0, 0.1) is 19.8 Å². The van der Waals surface area contributed by atoms with Crippen LogP contribution in [-0.2, 0) is 0 Å². The fourth-order valence-corrected chi connectivity index (χ4v) is 1.39. The third-order valence-corrected chi connectivity index (χ3v) is 2.51. The van der Waals surface area contributed by atoms with Crippen LogP contribution in [0.15, 0.2) is 12.3 Å². The van der Waals surface area contributed by atoms with Gasteiger partial charge in [0.05, 0.1) is 0 Å². The summed E-state index contributed by atoms with van der Waals surface area (Å²) in [5, 5.41) is 0. The first-order valence-electron chi connectivity index (χ1n) is 5.03. The average molecular weight is 191 g/mol. The predicted molar refractivity (Wildman–Crippen MR) is 57.5 cm³/mol. The molecule has 0 saturated heterocycles. The normalized spacial score (nSPS) is 12.6. The second kappa shape index (κ2) is 4.36. The molecule has 76 valence electrons. The third kappa shape index (κ3) is 2.19. The molecule has 0 aliphatic heterocycles. The van der Waals surface area contributed by atoms with Crippen molar-refractivity contribution >= 4 is 5.78 Å². The summed E-state index contributed by atoms with van der Waals surface area (Å²) in [5.74, 6) is 0.230. The summed E-state index contributed by atoms with van der Waals surface area (Å²) >= 11 is 0. The lowest BCUT2D eigenvalue weighted by atomic mass is 9.98. The Morgan fingerprint density at radius 1 is 1.50 bits per heavy atom. The van der Waals surface area contributed by atoms with Gasteiger partial charge in [0.1, 0.15) is 5.69 Å². The molecule has 2 heteroatoms. The molecule has 1 atom stereocenters. The van der Waals surface area contributed by atoms with E-state index in [2.05, 4.69) is 4.98 Å². The first-order chi connectivity index (χ1) is 6.56. The van der Waals surface area contributed by atoms with Crippen LogP contribution >= 0.6 is 0 Å². The maximum Gasteiger partial charge on any atom is 0.184 e. The van der Waals surface area contributed by atoms with E-state index >= 15 is 0 Å². The van der Waals surface area contributed by atoms with E-state index in [0.29, 0.717) is 5.69 Å². The highest BCUT2D eigenvalue weighted by Gasteiger charge is 2.16. The molecule has 0 N–H and O–H groups in total. The summed E-state index contributed by atoms with van der Waals surface area (Å²) in [4.78, 5) is 16.0. The number of hydrogen-bond donors (Lipinski definition) is 0. The molecule has 1 unspecified atom stereocenters. The molecular weight excluding hydrogens is 174 g/mol. The van der Waals surface area contributed by atoms with Gasteiger partial charge in [-0.25, -0.2) is 0 Å². The molecular formula is C12H17NO. The molecule has 1 rings (SSSR count). The largest absolute Gasteiger partial charge is 0.292 e. The van der Waals surface area contributed by atoms with Crippen molar-refractivity contribution in [1.82, 2.24) is 4.98 Å². The molecule has 2 nitrogen and oxygen atoms in total. The molecule has 0 saturated carbocycles. The van der Waals surface area contributed by atoms with Crippen LogP contribution in [0.3, 0.4) is 0 Å². The van der Waals surface area contributed by atoms with Crippen molar-refractivity contribution in [3.05, 3.63) is 29.1 Å². The standard InChI is InChI=1S/C12H17NO/c1-5-9(3)12(14)11-10(4)6-8(2)7-13-11/h6-7,9H,5H2,1-4H3. The van der Waals surface area contributed by atoms with Crippen molar-refractivity contribution in [3.8, 4) is 0 Å². The van der Waals surface area contributed by atoms with Crippen molar-refractivity contribution in [1.29, 1.82) is 0 Å². The first kappa shape index (κ1) is 10.9. The van der Waals surface area contributed by atoms with Gasteiger partial charge in [0.2, 0.25) is 0 Å². The molecule has 0 aromatic carbocycles. The number of pyridine rings is 1. The van der Waals surface area contributed by atoms with E-state index in [1.165, 1.54) is 0 Å². The number of carbonyl (C=O) groups excluding carboxylic acids is 1. The summed E-state index contributed by atoms with van der Waals surface area (Å²) in [7, 11) is 0. The molecule has 0 aliphatic rings. The Bertz CT molecular complexity index is 344. The lowest BCUT2D eigenvalue weighted by molar-refractivity contribution is 0.0921. The zero-order chi connectivity index (χ0) is 10.7. The van der Waals surface area contributed by atoms with Crippen molar-refractivity contribution in [3.63, 3.8) is 0 Å². The van der Waals surface area contributed by atoms with E-state index in [-0.39, 0.29) is 11.7 Å². The van der Waals surface area contributed by atoms with E-state index in [1.54, 1.807) is 6.20 Å². The third-order valence-electron chi connectivity index (χ3n) is 2.51. The highest BCUT2D eigenvalue weighted by atomic mass is 16.1. The van der Waals surface area contributed by atoms with E-state index in [4.69, 9.17) is 0 Å². The second-order valence-corrected chi connectivity index (χ2v) is 3.85. The number of aromatic nitrogens is 1. The van der Waals surface area contributed by atoms with Crippen LogP contribution in [0.4, 0.5) is 0 Å². The van der Waals surface area contributed by atoms with Crippen LogP contribution in [0.2, 0.25) is 0 Å². The molecule has 14 heavy (non-hydrogen) atoms. The molecule has 0 fully saturated rings. The zero-order valence-corrected chi connectivity index (χ0v) is 9.29. The molecule has 1 heterocycles. The van der Waals surface area contributed by atoms with Gasteiger partial charge in [0.25, 0.3) is 0 Å². The summed E-state index contributed by atoms with van der Waals surface area (Å²) in [6.07, 6.45) is 2.62. The van der Waals surface area contributed by atoms with Gasteiger partial charge in [-0.3, -0.25) is 9.78 Å². The fraction of sp³-hybridized carbons (Fsp3) is 0.500. The van der Waals surface area contributed by atoms with Gasteiger partial charge in [-0.15, -0.1) is 0 Å². The minimum absolute atomic E-state index is 0.0731. The van der Waals surface area contributed by atoms with Crippen molar-refractivity contribution < 1.29 is 4.79 Å². The van der Waals surface area contributed by atoms with E-state index < -0.39 is 0 Å². The summed E-state index contributed by atoms with van der Waals surface area (Å²) in [5.41, 5.74) is 2.71. The lowest BCUT2D eigenvalue weighted by Gasteiger charge is -2.09. The Hall–Kier alpha value is -1.18. The molecule has 1 aromatic rings. The number of ketones is 1. The summed E-state index contributed by atoms with van der Waals surface area (Å²) in [6, 6.07) is 2.00. The Kier molecular flexibility index (Phi) is 3.39. The number of Topliss-reactive ketones (excluding diaryl/α,β-unsaturated/α-hetero) is 1. The van der Waals surface area contributed by atoms with Gasteiger partial charge in [0, 0.05) is 12.1 Å². The van der Waals surface area contributed by atoms with Crippen LogP contribution < -0.4 is 0 Å². The van der Waals surface area contributed by atoms with Crippen LogP contribution in [0.1, 0.15) is 41.9 Å². The Balaban J connectivity index is 3.02. The van der Waals surface area contributed by atoms with Gasteiger partial charge in [-0.1, -0.05) is 19.9 Å². The zero-order valence-electron chi connectivity index (χ0n) is 9.29. The van der Waals surface area contributed by atoms with Gasteiger partial charge in [0.15, 0.2) is 5.78 Å². The second-order valence-electron chi connectivity index (χ2n) is 3.85. The van der Waals surface area contributed by atoms with E-state index in [1.807, 2.05) is 33.8 Å². The van der Waals surface area contributed by atoms with Crippen molar-refractivity contribution in [2.24, 2.45) is 5.92 Å². The smallest absolute Gasteiger partial charge is 0.184 e. The SMILES string of the molecule is CCC(C)C(=O)c1ncc(C)cc1C. The summed E-state index contributed by atoms with van der Waals surface area (Å²) in [6.45, 7) is 7.89. The Morgan fingerprint density at radius 3 is 2.64 bits per heavy atom. The van der Waals surface area contributed by atoms with Crippen LogP contribution in [-0.4, -0.2) is 10.8 Å². The highest BCUT2D eigenvalue weighted by molar-refractivity contribution is 5.97. The molecule has 0 spiro atoms. The average Bonchev–Trinajstić information content (AvgIpc) is 2.15. The van der Waals surface area contributed by atoms with Crippen LogP contribution in [0.5, 0.6) is 0 Å². The Morgan fingerprint density at radius 2 is 2.14 bits per heavy atom. The van der Waals surface area contributed by atoms with Gasteiger partial charge < -0.3 is 0 Å². The molecule has 0 bridgehead atoms. The maximum absolute atomic E-state index is 11.8. The molecule has 0 radical (unpaired) electrons. The van der Waals surface area contributed by atoms with E-state index in [9.17, 15) is 4.79 Å². The summed E-state index contributed by atoms with van der Waals surface area (Å²) < 4.78 is 0. The quantitative estimate of drug-likeness (QED) is 0.687. The van der Waals surface area contributed by atoms with Crippen molar-refractivity contribution in [2.75, 3.05) is 0 Å². The number of nitrogens with zero attached hydrogens (tertiary/aromatic N) is 1. The lowest BCUT2D eigenvalue weighted by Crippen LogP contribution is -2.13. The number of hydrogen-bond acceptors (Lipinski definition) is 2. The first-order valence-corrected chi connectivity index (χ1v) is 5.03.